The zero-order valence-corrected chi connectivity index (χ0v) is 11.6. The van der Waals surface area contributed by atoms with Crippen molar-refractivity contribution in [3.63, 3.8) is 0 Å². The number of rotatable bonds is 5. The molecule has 0 aromatic rings. The highest BCUT2D eigenvalue weighted by Crippen LogP contribution is 2.08. The van der Waals surface area contributed by atoms with Gasteiger partial charge in [-0.15, -0.1) is 0 Å². The first-order valence-corrected chi connectivity index (χ1v) is 6.83. The summed E-state index contributed by atoms with van der Waals surface area (Å²) in [6, 6.07) is 0.700. The number of piperazine rings is 1. The molecule has 0 radical (unpaired) electrons. The summed E-state index contributed by atoms with van der Waals surface area (Å²) in [5.74, 6) is 0.166. The summed E-state index contributed by atoms with van der Waals surface area (Å²) < 4.78 is 0. The van der Waals surface area contributed by atoms with Crippen LogP contribution in [-0.4, -0.2) is 48.6 Å². The molecule has 0 saturated carbocycles. The Balaban J connectivity index is 2.44. The van der Waals surface area contributed by atoms with Crippen molar-refractivity contribution in [3.8, 4) is 0 Å². The van der Waals surface area contributed by atoms with Crippen LogP contribution in [0, 0.1) is 0 Å². The van der Waals surface area contributed by atoms with Crippen LogP contribution in [0.5, 0.6) is 0 Å². The number of carbonyl (C=O) groups excluding carboxylic acids is 1. The quantitative estimate of drug-likeness (QED) is 0.754. The van der Waals surface area contributed by atoms with Gasteiger partial charge in [0.25, 0.3) is 0 Å². The van der Waals surface area contributed by atoms with Gasteiger partial charge in [-0.05, 0) is 27.2 Å². The molecule has 2 N–H and O–H groups in total. The molecule has 1 aliphatic rings. The Morgan fingerprint density at radius 2 is 2.24 bits per heavy atom. The number of hydrogen-bond donors (Lipinski definition) is 2. The lowest BCUT2D eigenvalue weighted by Crippen LogP contribution is -2.57. The lowest BCUT2D eigenvalue weighted by Gasteiger charge is -2.37. The number of nitrogens with one attached hydrogen (secondary N) is 2. The highest BCUT2D eigenvalue weighted by Gasteiger charge is 2.27. The smallest absolute Gasteiger partial charge is 0.237 e. The molecule has 3 atom stereocenters. The van der Waals surface area contributed by atoms with Gasteiger partial charge in [-0.3, -0.25) is 9.69 Å². The summed E-state index contributed by atoms with van der Waals surface area (Å²) in [5.41, 5.74) is 0. The van der Waals surface area contributed by atoms with Gasteiger partial charge in [0.2, 0.25) is 5.91 Å². The van der Waals surface area contributed by atoms with Crippen LogP contribution in [0.4, 0.5) is 0 Å². The molecule has 4 nitrogen and oxygen atoms in total. The molecule has 100 valence electrons. The summed E-state index contributed by atoms with van der Waals surface area (Å²) in [6.07, 6.45) is 2.16. The normalized spacial score (nSPS) is 25.3. The van der Waals surface area contributed by atoms with E-state index >= 15 is 0 Å². The fourth-order valence-corrected chi connectivity index (χ4v) is 2.45. The average molecular weight is 241 g/mol. The van der Waals surface area contributed by atoms with Crippen molar-refractivity contribution in [2.45, 2.75) is 58.7 Å². The molecule has 1 amide bonds. The minimum Gasteiger partial charge on any atom is -0.352 e. The predicted molar refractivity (Wildman–Crippen MR) is 71.0 cm³/mol. The van der Waals surface area contributed by atoms with Crippen molar-refractivity contribution < 1.29 is 4.79 Å². The molecule has 1 aliphatic heterocycles. The first-order chi connectivity index (χ1) is 8.06. The molecule has 1 fully saturated rings. The largest absolute Gasteiger partial charge is 0.352 e. The van der Waals surface area contributed by atoms with E-state index in [0.29, 0.717) is 6.04 Å². The highest BCUT2D eigenvalue weighted by molar-refractivity contribution is 5.81. The van der Waals surface area contributed by atoms with Crippen molar-refractivity contribution in [3.05, 3.63) is 0 Å². The first-order valence-electron chi connectivity index (χ1n) is 6.83. The topological polar surface area (TPSA) is 44.4 Å². The van der Waals surface area contributed by atoms with Crippen LogP contribution >= 0.6 is 0 Å². The monoisotopic (exact) mass is 241 g/mol. The van der Waals surface area contributed by atoms with E-state index in [0.717, 1.165) is 32.5 Å². The zero-order chi connectivity index (χ0) is 12.8. The Bertz CT molecular complexity index is 245. The van der Waals surface area contributed by atoms with Crippen molar-refractivity contribution in [1.29, 1.82) is 0 Å². The van der Waals surface area contributed by atoms with Gasteiger partial charge in [0.15, 0.2) is 0 Å². The first kappa shape index (κ1) is 14.5. The van der Waals surface area contributed by atoms with Crippen molar-refractivity contribution in [2.24, 2.45) is 0 Å². The second-order valence-corrected chi connectivity index (χ2v) is 5.17. The Morgan fingerprint density at radius 1 is 1.53 bits per heavy atom. The van der Waals surface area contributed by atoms with Crippen molar-refractivity contribution >= 4 is 5.91 Å². The second-order valence-electron chi connectivity index (χ2n) is 5.17. The van der Waals surface area contributed by atoms with E-state index in [2.05, 4.69) is 36.3 Å². The fraction of sp³-hybridized carbons (Fsp3) is 0.923. The molecule has 1 rings (SSSR count). The van der Waals surface area contributed by atoms with Crippen LogP contribution in [0.25, 0.3) is 0 Å². The average Bonchev–Trinajstić information content (AvgIpc) is 2.29. The third kappa shape index (κ3) is 4.28. The van der Waals surface area contributed by atoms with E-state index < -0.39 is 0 Å². The van der Waals surface area contributed by atoms with Crippen LogP contribution < -0.4 is 10.6 Å². The number of nitrogens with zero attached hydrogens (tertiary/aromatic N) is 1. The zero-order valence-electron chi connectivity index (χ0n) is 11.6. The van der Waals surface area contributed by atoms with Crippen molar-refractivity contribution in [1.82, 2.24) is 15.5 Å². The molecule has 0 aromatic carbocycles. The van der Waals surface area contributed by atoms with Crippen LogP contribution in [0.3, 0.4) is 0 Å². The summed E-state index contributed by atoms with van der Waals surface area (Å²) in [5, 5.41) is 6.44. The van der Waals surface area contributed by atoms with E-state index in [4.69, 9.17) is 0 Å². The lowest BCUT2D eigenvalue weighted by atomic mass is 10.1. The SMILES string of the molecule is CCCC(C)NC(=O)C(C)N1CCNC[C@H]1C. The highest BCUT2D eigenvalue weighted by atomic mass is 16.2. The van der Waals surface area contributed by atoms with Gasteiger partial charge in [-0.1, -0.05) is 13.3 Å². The molecule has 1 saturated heterocycles. The Labute approximate surface area is 105 Å². The van der Waals surface area contributed by atoms with E-state index in [1.165, 1.54) is 0 Å². The maximum atomic E-state index is 12.1. The van der Waals surface area contributed by atoms with E-state index in [1.54, 1.807) is 0 Å². The number of amides is 1. The third-order valence-corrected chi connectivity index (χ3v) is 3.54. The molecule has 0 aromatic heterocycles. The van der Waals surface area contributed by atoms with Gasteiger partial charge in [0.1, 0.15) is 0 Å². The van der Waals surface area contributed by atoms with E-state index in [-0.39, 0.29) is 18.0 Å². The maximum absolute atomic E-state index is 12.1. The van der Waals surface area contributed by atoms with Crippen LogP contribution in [0.15, 0.2) is 0 Å². The third-order valence-electron chi connectivity index (χ3n) is 3.54. The molecule has 17 heavy (non-hydrogen) atoms. The van der Waals surface area contributed by atoms with Crippen molar-refractivity contribution in [2.75, 3.05) is 19.6 Å². The van der Waals surface area contributed by atoms with Crippen LogP contribution in [-0.2, 0) is 4.79 Å². The van der Waals surface area contributed by atoms with E-state index in [1.807, 2.05) is 6.92 Å². The molecule has 0 spiro atoms. The van der Waals surface area contributed by atoms with Gasteiger partial charge in [-0.2, -0.15) is 0 Å². The molecule has 0 aliphatic carbocycles. The minimum atomic E-state index is -0.0218. The predicted octanol–water partition coefficient (Wildman–Crippen LogP) is 0.973. The van der Waals surface area contributed by atoms with Gasteiger partial charge >= 0.3 is 0 Å². The summed E-state index contributed by atoms with van der Waals surface area (Å²) in [4.78, 5) is 14.4. The van der Waals surface area contributed by atoms with Crippen LogP contribution in [0.2, 0.25) is 0 Å². The molecular formula is C13H27N3O. The summed E-state index contributed by atoms with van der Waals surface area (Å²) in [7, 11) is 0. The standard InChI is InChI=1S/C13H27N3O/c1-5-6-10(2)15-13(17)12(4)16-8-7-14-9-11(16)3/h10-12,14H,5-9H2,1-4H3,(H,15,17)/t10?,11-,12?/m1/s1. The minimum absolute atomic E-state index is 0.0218. The molecule has 0 bridgehead atoms. The number of hydrogen-bond acceptors (Lipinski definition) is 3. The molecular weight excluding hydrogens is 214 g/mol. The van der Waals surface area contributed by atoms with Gasteiger partial charge in [0, 0.05) is 31.7 Å². The summed E-state index contributed by atoms with van der Waals surface area (Å²) >= 11 is 0. The van der Waals surface area contributed by atoms with Gasteiger partial charge in [-0.25, -0.2) is 0 Å². The van der Waals surface area contributed by atoms with E-state index in [9.17, 15) is 4.79 Å². The lowest BCUT2D eigenvalue weighted by molar-refractivity contribution is -0.127. The fourth-order valence-electron chi connectivity index (χ4n) is 2.45. The van der Waals surface area contributed by atoms with Crippen LogP contribution in [0.1, 0.15) is 40.5 Å². The Morgan fingerprint density at radius 3 is 2.82 bits per heavy atom. The van der Waals surface area contributed by atoms with Gasteiger partial charge in [0.05, 0.1) is 6.04 Å². The molecule has 1 heterocycles. The summed E-state index contributed by atoms with van der Waals surface area (Å²) in [6.45, 7) is 11.3. The molecule has 4 heteroatoms. The Kier molecular flexibility index (Phi) is 5.92. The second kappa shape index (κ2) is 6.97. The maximum Gasteiger partial charge on any atom is 0.237 e. The van der Waals surface area contributed by atoms with Gasteiger partial charge < -0.3 is 10.6 Å². The molecule has 2 unspecified atom stereocenters. The number of carbonyl (C=O) groups is 1. The Hall–Kier alpha value is -0.610.